The monoisotopic (exact) mass is 329 g/mol. The molecule has 3 rings (SSSR count). The molecule has 24 heavy (non-hydrogen) atoms. The lowest BCUT2D eigenvalue weighted by Gasteiger charge is -2.27. The Balaban J connectivity index is 1.49. The number of amides is 2. The van der Waals surface area contributed by atoms with Crippen LogP contribution in [0.5, 0.6) is 0 Å². The lowest BCUT2D eigenvalue weighted by atomic mass is 9.95. The fraction of sp³-hybridized carbons (Fsp3) is 0.526. The number of hydrogen-bond acceptors (Lipinski definition) is 2. The molecule has 2 heterocycles. The van der Waals surface area contributed by atoms with Crippen molar-refractivity contribution in [3.8, 4) is 0 Å². The van der Waals surface area contributed by atoms with Crippen LogP contribution >= 0.6 is 0 Å². The third-order valence-corrected chi connectivity index (χ3v) is 4.65. The molecule has 0 radical (unpaired) electrons. The fourth-order valence-corrected chi connectivity index (χ4v) is 3.58. The number of para-hydroxylation sites is 1. The smallest absolute Gasteiger partial charge is 0.315 e. The maximum absolute atomic E-state index is 12.2. The predicted octanol–water partition coefficient (Wildman–Crippen LogP) is 3.36. The molecule has 0 spiro atoms. The highest BCUT2D eigenvalue weighted by atomic mass is 16.5. The first kappa shape index (κ1) is 16.8. The Morgan fingerprint density at radius 3 is 2.71 bits per heavy atom. The molecular formula is C19H27N3O2. The van der Waals surface area contributed by atoms with Crippen molar-refractivity contribution in [3.05, 3.63) is 36.0 Å². The summed E-state index contributed by atoms with van der Waals surface area (Å²) in [5.41, 5.74) is 1.70. The molecule has 0 bridgehead atoms. The number of carbonyl (C=O) groups excluding carboxylic acids is 1. The Bertz CT molecular complexity index is 700. The van der Waals surface area contributed by atoms with Gasteiger partial charge in [0, 0.05) is 24.2 Å². The van der Waals surface area contributed by atoms with Gasteiger partial charge in [0.05, 0.1) is 17.2 Å². The van der Waals surface area contributed by atoms with E-state index in [-0.39, 0.29) is 23.3 Å². The number of nitrogens with one attached hydrogen (secondary N) is 3. The van der Waals surface area contributed by atoms with Crippen molar-refractivity contribution in [2.24, 2.45) is 0 Å². The standard InChI is InChI=1S/C19H27N3O2/c1-18(2)12-16(19(3,4)24-18)22-17(23)20-10-9-14-11-13-7-5-6-8-15(13)21-14/h5-8,11,16,21H,9-10,12H2,1-4H3,(H2,20,22,23). The van der Waals surface area contributed by atoms with Crippen LogP contribution in [0.4, 0.5) is 4.79 Å². The molecule has 0 saturated carbocycles. The number of rotatable bonds is 4. The van der Waals surface area contributed by atoms with Gasteiger partial charge in [-0.15, -0.1) is 0 Å². The molecule has 5 heteroatoms. The minimum Gasteiger partial charge on any atom is -0.367 e. The van der Waals surface area contributed by atoms with Crippen LogP contribution in [0.2, 0.25) is 0 Å². The summed E-state index contributed by atoms with van der Waals surface area (Å²) >= 11 is 0. The Morgan fingerprint density at radius 1 is 1.29 bits per heavy atom. The number of urea groups is 1. The van der Waals surface area contributed by atoms with E-state index in [4.69, 9.17) is 4.74 Å². The van der Waals surface area contributed by atoms with E-state index in [0.717, 1.165) is 24.1 Å². The summed E-state index contributed by atoms with van der Waals surface area (Å²) < 4.78 is 6.01. The van der Waals surface area contributed by atoms with Gasteiger partial charge in [-0.1, -0.05) is 18.2 Å². The third-order valence-electron chi connectivity index (χ3n) is 4.65. The lowest BCUT2D eigenvalue weighted by molar-refractivity contribution is -0.0690. The quantitative estimate of drug-likeness (QED) is 0.805. The number of aromatic nitrogens is 1. The highest BCUT2D eigenvalue weighted by Gasteiger charge is 2.46. The number of carbonyl (C=O) groups is 1. The molecule has 1 aromatic carbocycles. The molecule has 0 aliphatic carbocycles. The Kier molecular flexibility index (Phi) is 4.30. The molecule has 1 atom stereocenters. The predicted molar refractivity (Wildman–Crippen MR) is 96.2 cm³/mol. The first-order chi connectivity index (χ1) is 11.3. The maximum atomic E-state index is 12.2. The zero-order chi connectivity index (χ0) is 17.4. The van der Waals surface area contributed by atoms with Crippen LogP contribution in [0, 0.1) is 0 Å². The largest absolute Gasteiger partial charge is 0.367 e. The zero-order valence-electron chi connectivity index (χ0n) is 14.9. The molecule has 3 N–H and O–H groups in total. The second kappa shape index (κ2) is 6.13. The van der Waals surface area contributed by atoms with Gasteiger partial charge in [-0.05, 0) is 51.6 Å². The van der Waals surface area contributed by atoms with Crippen LogP contribution in [-0.4, -0.2) is 34.8 Å². The van der Waals surface area contributed by atoms with Crippen LogP contribution in [-0.2, 0) is 11.2 Å². The van der Waals surface area contributed by atoms with E-state index in [1.165, 1.54) is 5.39 Å². The highest BCUT2D eigenvalue weighted by molar-refractivity contribution is 5.80. The summed E-state index contributed by atoms with van der Waals surface area (Å²) in [5, 5.41) is 7.19. The molecule has 130 valence electrons. The van der Waals surface area contributed by atoms with Crippen LogP contribution in [0.1, 0.15) is 39.8 Å². The van der Waals surface area contributed by atoms with Crippen molar-refractivity contribution >= 4 is 16.9 Å². The molecule has 1 aliphatic heterocycles. The van der Waals surface area contributed by atoms with E-state index in [1.54, 1.807) is 0 Å². The molecule has 1 unspecified atom stereocenters. The Hall–Kier alpha value is -2.01. The SMILES string of the molecule is CC1(C)CC(NC(=O)NCCc2cc3ccccc3[nH]2)C(C)(C)O1. The number of H-pyrrole nitrogens is 1. The van der Waals surface area contributed by atoms with E-state index in [1.807, 2.05) is 26.0 Å². The van der Waals surface area contributed by atoms with E-state index in [2.05, 4.69) is 47.7 Å². The van der Waals surface area contributed by atoms with Gasteiger partial charge in [0.1, 0.15) is 0 Å². The number of hydrogen-bond donors (Lipinski definition) is 3. The van der Waals surface area contributed by atoms with Gasteiger partial charge in [-0.25, -0.2) is 4.79 Å². The van der Waals surface area contributed by atoms with Gasteiger partial charge in [-0.2, -0.15) is 0 Å². The van der Waals surface area contributed by atoms with E-state index < -0.39 is 0 Å². The molecule has 1 fully saturated rings. The topological polar surface area (TPSA) is 66.2 Å². The molecule has 1 aromatic heterocycles. The van der Waals surface area contributed by atoms with Gasteiger partial charge in [0.2, 0.25) is 0 Å². The summed E-state index contributed by atoms with van der Waals surface area (Å²) in [7, 11) is 0. The Morgan fingerprint density at radius 2 is 2.04 bits per heavy atom. The van der Waals surface area contributed by atoms with Gasteiger partial charge in [0.25, 0.3) is 0 Å². The zero-order valence-corrected chi connectivity index (χ0v) is 14.9. The van der Waals surface area contributed by atoms with Crippen molar-refractivity contribution in [2.45, 2.75) is 57.8 Å². The van der Waals surface area contributed by atoms with Gasteiger partial charge >= 0.3 is 6.03 Å². The number of fused-ring (bicyclic) bond motifs is 1. The average Bonchev–Trinajstić information content (AvgIpc) is 2.96. The van der Waals surface area contributed by atoms with Crippen molar-refractivity contribution in [3.63, 3.8) is 0 Å². The second-order valence-electron chi connectivity index (χ2n) is 7.75. The van der Waals surface area contributed by atoms with E-state index in [0.29, 0.717) is 6.54 Å². The summed E-state index contributed by atoms with van der Waals surface area (Å²) in [4.78, 5) is 15.5. The minimum atomic E-state index is -0.349. The third kappa shape index (κ3) is 3.73. The molecule has 5 nitrogen and oxygen atoms in total. The lowest BCUT2D eigenvalue weighted by Crippen LogP contribution is -2.50. The van der Waals surface area contributed by atoms with E-state index >= 15 is 0 Å². The molecule has 2 amide bonds. The maximum Gasteiger partial charge on any atom is 0.315 e. The van der Waals surface area contributed by atoms with Crippen molar-refractivity contribution in [2.75, 3.05) is 6.54 Å². The normalized spacial score (nSPS) is 21.8. The Labute approximate surface area is 143 Å². The van der Waals surface area contributed by atoms with E-state index in [9.17, 15) is 4.79 Å². The van der Waals surface area contributed by atoms with Crippen LogP contribution in [0.15, 0.2) is 30.3 Å². The van der Waals surface area contributed by atoms with Crippen molar-refractivity contribution in [1.29, 1.82) is 0 Å². The van der Waals surface area contributed by atoms with Crippen LogP contribution < -0.4 is 10.6 Å². The average molecular weight is 329 g/mol. The molecule has 1 aliphatic rings. The number of aromatic amines is 1. The van der Waals surface area contributed by atoms with Crippen molar-refractivity contribution < 1.29 is 9.53 Å². The first-order valence-corrected chi connectivity index (χ1v) is 8.56. The number of benzene rings is 1. The summed E-state index contributed by atoms with van der Waals surface area (Å²) in [6.45, 7) is 8.76. The molecular weight excluding hydrogens is 302 g/mol. The van der Waals surface area contributed by atoms with Gasteiger partial charge in [0.15, 0.2) is 0 Å². The van der Waals surface area contributed by atoms with Gasteiger partial charge < -0.3 is 20.4 Å². The summed E-state index contributed by atoms with van der Waals surface area (Å²) in [6, 6.07) is 10.2. The summed E-state index contributed by atoms with van der Waals surface area (Å²) in [5.74, 6) is 0. The van der Waals surface area contributed by atoms with Crippen LogP contribution in [0.25, 0.3) is 10.9 Å². The minimum absolute atomic E-state index is 0.0144. The fourth-order valence-electron chi connectivity index (χ4n) is 3.58. The van der Waals surface area contributed by atoms with Crippen molar-refractivity contribution in [1.82, 2.24) is 15.6 Å². The van der Waals surface area contributed by atoms with Gasteiger partial charge in [-0.3, -0.25) is 0 Å². The molecule has 1 saturated heterocycles. The summed E-state index contributed by atoms with van der Waals surface area (Å²) in [6.07, 6.45) is 1.59. The number of ether oxygens (including phenoxy) is 1. The molecule has 2 aromatic rings. The second-order valence-corrected chi connectivity index (χ2v) is 7.75. The first-order valence-electron chi connectivity index (χ1n) is 8.56. The van der Waals surface area contributed by atoms with Crippen LogP contribution in [0.3, 0.4) is 0 Å². The highest BCUT2D eigenvalue weighted by Crippen LogP contribution is 2.37.